The lowest BCUT2D eigenvalue weighted by Gasteiger charge is -2.12. The molecular weight excluding hydrogens is 408 g/mol. The SMILES string of the molecule is COc1cc(C(=O)O)cnc1-n1cc(C(O)NCc2ccc(-c3ccccc3)cc2)cn1. The second-order valence-corrected chi connectivity index (χ2v) is 7.12. The first-order chi connectivity index (χ1) is 15.5. The summed E-state index contributed by atoms with van der Waals surface area (Å²) in [7, 11) is 1.43. The molecule has 1 atom stereocenters. The number of carbonyl (C=O) groups is 1. The Bertz CT molecular complexity index is 1210. The molecule has 0 bridgehead atoms. The van der Waals surface area contributed by atoms with Gasteiger partial charge >= 0.3 is 5.97 Å². The van der Waals surface area contributed by atoms with E-state index in [1.54, 1.807) is 6.20 Å². The number of aromatic carboxylic acids is 1. The van der Waals surface area contributed by atoms with Gasteiger partial charge < -0.3 is 14.9 Å². The van der Waals surface area contributed by atoms with E-state index in [-0.39, 0.29) is 11.3 Å². The number of aliphatic hydroxyl groups excluding tert-OH is 1. The predicted molar refractivity (Wildman–Crippen MR) is 119 cm³/mol. The largest absolute Gasteiger partial charge is 0.493 e. The normalized spacial score (nSPS) is 11.8. The number of ether oxygens (including phenoxy) is 1. The molecule has 0 fully saturated rings. The molecule has 4 aromatic rings. The van der Waals surface area contributed by atoms with E-state index in [9.17, 15) is 9.90 Å². The maximum atomic E-state index is 11.1. The molecule has 0 aliphatic carbocycles. The monoisotopic (exact) mass is 430 g/mol. The van der Waals surface area contributed by atoms with Crippen molar-refractivity contribution in [3.63, 3.8) is 0 Å². The van der Waals surface area contributed by atoms with Crippen molar-refractivity contribution >= 4 is 5.97 Å². The van der Waals surface area contributed by atoms with Crippen LogP contribution >= 0.6 is 0 Å². The summed E-state index contributed by atoms with van der Waals surface area (Å²) >= 11 is 0. The van der Waals surface area contributed by atoms with Gasteiger partial charge in [0, 0.05) is 30.6 Å². The smallest absolute Gasteiger partial charge is 0.337 e. The Morgan fingerprint density at radius 1 is 1.09 bits per heavy atom. The molecule has 2 aromatic heterocycles. The zero-order chi connectivity index (χ0) is 22.5. The second kappa shape index (κ2) is 9.42. The van der Waals surface area contributed by atoms with E-state index < -0.39 is 12.2 Å². The maximum absolute atomic E-state index is 11.1. The van der Waals surface area contributed by atoms with Crippen molar-refractivity contribution in [3.05, 3.63) is 95.9 Å². The Kier molecular flexibility index (Phi) is 6.25. The zero-order valence-corrected chi connectivity index (χ0v) is 17.3. The van der Waals surface area contributed by atoms with Gasteiger partial charge in [0.1, 0.15) is 6.23 Å². The lowest BCUT2D eigenvalue weighted by atomic mass is 10.0. The van der Waals surface area contributed by atoms with Crippen LogP contribution < -0.4 is 10.1 Å². The number of hydrogen-bond donors (Lipinski definition) is 3. The lowest BCUT2D eigenvalue weighted by molar-refractivity contribution is 0.0696. The Hall–Kier alpha value is -4.01. The van der Waals surface area contributed by atoms with Crippen LogP contribution in [0, 0.1) is 0 Å². The van der Waals surface area contributed by atoms with E-state index in [0.29, 0.717) is 17.9 Å². The van der Waals surface area contributed by atoms with E-state index in [2.05, 4.69) is 39.7 Å². The van der Waals surface area contributed by atoms with Crippen molar-refractivity contribution < 1.29 is 19.7 Å². The average Bonchev–Trinajstić information content (AvgIpc) is 3.33. The number of hydrogen-bond acceptors (Lipinski definition) is 6. The first-order valence-corrected chi connectivity index (χ1v) is 9.93. The fourth-order valence-corrected chi connectivity index (χ4v) is 3.25. The molecule has 2 heterocycles. The number of aliphatic hydroxyl groups is 1. The number of nitrogens with zero attached hydrogens (tertiary/aromatic N) is 3. The summed E-state index contributed by atoms with van der Waals surface area (Å²) < 4.78 is 6.67. The molecule has 0 aliphatic rings. The highest BCUT2D eigenvalue weighted by molar-refractivity contribution is 5.88. The molecule has 0 saturated carbocycles. The minimum Gasteiger partial charge on any atom is -0.493 e. The Morgan fingerprint density at radius 3 is 2.50 bits per heavy atom. The highest BCUT2D eigenvalue weighted by atomic mass is 16.5. The average molecular weight is 430 g/mol. The Labute approximate surface area is 184 Å². The number of aromatic nitrogens is 3. The third-order valence-electron chi connectivity index (χ3n) is 5.00. The van der Waals surface area contributed by atoms with Gasteiger partial charge in [0.2, 0.25) is 0 Å². The van der Waals surface area contributed by atoms with Gasteiger partial charge in [-0.25, -0.2) is 14.5 Å². The Balaban J connectivity index is 1.42. The van der Waals surface area contributed by atoms with Gasteiger partial charge in [-0.2, -0.15) is 5.10 Å². The standard InChI is InChI=1S/C24H22N4O4/c1-32-21-11-19(24(30)31)13-25-22(21)28-15-20(14-27-28)23(29)26-12-16-7-9-18(10-8-16)17-5-3-2-4-6-17/h2-11,13-15,23,26,29H,12H2,1H3,(H,30,31). The van der Waals surface area contributed by atoms with Crippen molar-refractivity contribution in [1.82, 2.24) is 20.1 Å². The number of carboxylic acid groups (broad SMARTS) is 1. The van der Waals surface area contributed by atoms with Crippen LogP contribution in [0.1, 0.15) is 27.7 Å². The van der Waals surface area contributed by atoms with E-state index in [4.69, 9.17) is 9.84 Å². The molecule has 2 aromatic carbocycles. The fraction of sp³-hybridized carbons (Fsp3) is 0.125. The summed E-state index contributed by atoms with van der Waals surface area (Å²) in [6, 6.07) is 19.6. The fourth-order valence-electron chi connectivity index (χ4n) is 3.25. The van der Waals surface area contributed by atoms with Crippen LogP contribution in [0.5, 0.6) is 5.75 Å². The van der Waals surface area contributed by atoms with Crippen molar-refractivity contribution in [1.29, 1.82) is 0 Å². The van der Waals surface area contributed by atoms with Gasteiger partial charge in [-0.15, -0.1) is 0 Å². The predicted octanol–water partition coefficient (Wildman–Crippen LogP) is 3.42. The van der Waals surface area contributed by atoms with Crippen LogP contribution in [0.25, 0.3) is 16.9 Å². The van der Waals surface area contributed by atoms with Crippen molar-refractivity contribution in [2.75, 3.05) is 7.11 Å². The summed E-state index contributed by atoms with van der Waals surface area (Å²) in [6.07, 6.45) is 3.42. The molecule has 1 unspecified atom stereocenters. The molecular formula is C24H22N4O4. The number of carboxylic acids is 1. The van der Waals surface area contributed by atoms with E-state index in [1.807, 2.05) is 30.3 Å². The summed E-state index contributed by atoms with van der Waals surface area (Å²) in [6.45, 7) is 0.469. The first-order valence-electron chi connectivity index (χ1n) is 9.93. The number of benzene rings is 2. The van der Waals surface area contributed by atoms with E-state index in [0.717, 1.165) is 16.7 Å². The van der Waals surface area contributed by atoms with Crippen molar-refractivity contribution in [3.8, 4) is 22.7 Å². The highest BCUT2D eigenvalue weighted by Crippen LogP contribution is 2.23. The van der Waals surface area contributed by atoms with Gasteiger partial charge in [-0.3, -0.25) is 5.32 Å². The lowest BCUT2D eigenvalue weighted by Crippen LogP contribution is -2.20. The molecule has 162 valence electrons. The molecule has 0 aliphatic heterocycles. The van der Waals surface area contributed by atoms with E-state index in [1.165, 1.54) is 30.3 Å². The molecule has 8 heteroatoms. The van der Waals surface area contributed by atoms with Crippen molar-refractivity contribution in [2.24, 2.45) is 0 Å². The van der Waals surface area contributed by atoms with Crippen molar-refractivity contribution in [2.45, 2.75) is 12.8 Å². The summed E-state index contributed by atoms with van der Waals surface area (Å²) in [5.74, 6) is -0.507. The minimum absolute atomic E-state index is 0.0120. The van der Waals surface area contributed by atoms with E-state index >= 15 is 0 Å². The first kappa shape index (κ1) is 21.2. The second-order valence-electron chi connectivity index (χ2n) is 7.12. The quantitative estimate of drug-likeness (QED) is 0.368. The number of pyridine rings is 1. The molecule has 0 spiro atoms. The van der Waals surface area contributed by atoms with Gasteiger partial charge in [-0.05, 0) is 16.7 Å². The number of rotatable bonds is 8. The molecule has 3 N–H and O–H groups in total. The third kappa shape index (κ3) is 4.66. The maximum Gasteiger partial charge on any atom is 0.337 e. The topological polar surface area (TPSA) is 110 Å². The van der Waals surface area contributed by atoms with Crippen LogP contribution in [0.2, 0.25) is 0 Å². The van der Waals surface area contributed by atoms with Crippen LogP contribution in [0.3, 0.4) is 0 Å². The molecule has 32 heavy (non-hydrogen) atoms. The molecule has 4 rings (SSSR count). The summed E-state index contributed by atoms with van der Waals surface area (Å²) in [5.41, 5.74) is 3.87. The molecule has 0 radical (unpaired) electrons. The van der Waals surface area contributed by atoms with Crippen LogP contribution in [0.4, 0.5) is 0 Å². The van der Waals surface area contributed by atoms with Crippen LogP contribution in [0.15, 0.2) is 79.3 Å². The van der Waals surface area contributed by atoms with Crippen LogP contribution in [-0.2, 0) is 6.54 Å². The summed E-state index contributed by atoms with van der Waals surface area (Å²) in [5, 5.41) is 26.9. The van der Waals surface area contributed by atoms with Crippen LogP contribution in [-0.4, -0.2) is 38.1 Å². The minimum atomic E-state index is -1.10. The number of methoxy groups -OCH3 is 1. The van der Waals surface area contributed by atoms with Gasteiger partial charge in [0.25, 0.3) is 0 Å². The molecule has 0 amide bonds. The van der Waals surface area contributed by atoms with Gasteiger partial charge in [0.15, 0.2) is 11.6 Å². The molecule has 0 saturated heterocycles. The summed E-state index contributed by atoms with van der Waals surface area (Å²) in [4.78, 5) is 15.3. The van der Waals surface area contributed by atoms with Gasteiger partial charge in [-0.1, -0.05) is 54.6 Å². The van der Waals surface area contributed by atoms with Gasteiger partial charge in [0.05, 0.1) is 18.9 Å². The zero-order valence-electron chi connectivity index (χ0n) is 17.3. The Morgan fingerprint density at radius 2 is 1.81 bits per heavy atom. The highest BCUT2D eigenvalue weighted by Gasteiger charge is 2.15. The number of nitrogens with one attached hydrogen (secondary N) is 1. The molecule has 8 nitrogen and oxygen atoms in total. The third-order valence-corrected chi connectivity index (χ3v) is 5.00.